The number of rotatable bonds is 2. The van der Waals surface area contributed by atoms with Crippen LogP contribution in [0.5, 0.6) is 0 Å². The van der Waals surface area contributed by atoms with Crippen molar-refractivity contribution in [3.63, 3.8) is 0 Å². The van der Waals surface area contributed by atoms with Gasteiger partial charge in [0.15, 0.2) is 0 Å². The average Bonchev–Trinajstić information content (AvgIpc) is 2.74. The lowest BCUT2D eigenvalue weighted by Gasteiger charge is -2.60. The largest absolute Gasteiger partial charge is 0.387 e. The molecule has 4 saturated heterocycles. The number of benzene rings is 1. The molecule has 0 aromatic heterocycles. The van der Waals surface area contributed by atoms with Crippen molar-refractivity contribution in [1.82, 2.24) is 9.80 Å². The Morgan fingerprint density at radius 2 is 1.70 bits per heavy atom. The van der Waals surface area contributed by atoms with E-state index in [1.807, 2.05) is 6.07 Å². The van der Waals surface area contributed by atoms with Crippen LogP contribution in [-0.2, 0) is 5.41 Å². The molecule has 4 aliphatic rings. The highest BCUT2D eigenvalue weighted by Gasteiger charge is 2.63. The van der Waals surface area contributed by atoms with E-state index in [0.29, 0.717) is 6.54 Å². The number of fused-ring (bicyclic) bond motifs is 1. The summed E-state index contributed by atoms with van der Waals surface area (Å²) in [6.45, 7) is 6.42. The second-order valence-corrected chi connectivity index (χ2v) is 6.74. The summed E-state index contributed by atoms with van der Waals surface area (Å²) in [5.41, 5.74) is 6.31. The van der Waals surface area contributed by atoms with Crippen LogP contribution in [-0.4, -0.2) is 66.3 Å². The molecule has 4 bridgehead atoms. The van der Waals surface area contributed by atoms with Gasteiger partial charge in [0, 0.05) is 51.7 Å². The van der Waals surface area contributed by atoms with Crippen LogP contribution in [0.2, 0.25) is 0 Å². The highest BCUT2D eigenvalue weighted by atomic mass is 16.3. The fraction of sp³-hybridized carbons (Fsp3) is 0.625. The second kappa shape index (κ2) is 4.28. The number of nitrogens with zero attached hydrogens (tertiary/aromatic N) is 2. The van der Waals surface area contributed by atoms with E-state index in [2.05, 4.69) is 34.1 Å². The molecular formula is C16H23N3O. The van der Waals surface area contributed by atoms with Gasteiger partial charge in [0.1, 0.15) is 0 Å². The number of piperidine rings is 2. The molecule has 1 aromatic carbocycles. The van der Waals surface area contributed by atoms with Crippen LogP contribution >= 0.6 is 0 Å². The Kier molecular flexibility index (Phi) is 2.73. The molecule has 3 atom stereocenters. The maximum Gasteiger partial charge on any atom is 0.0942 e. The zero-order valence-corrected chi connectivity index (χ0v) is 11.8. The van der Waals surface area contributed by atoms with Gasteiger partial charge in [-0.3, -0.25) is 0 Å². The maximum atomic E-state index is 11.4. The highest BCUT2D eigenvalue weighted by molar-refractivity contribution is 5.36. The molecular weight excluding hydrogens is 250 g/mol. The van der Waals surface area contributed by atoms with E-state index in [1.165, 1.54) is 5.56 Å². The Morgan fingerprint density at radius 3 is 2.25 bits per heavy atom. The predicted octanol–water partition coefficient (Wildman–Crippen LogP) is -0.125. The Morgan fingerprint density at radius 1 is 1.10 bits per heavy atom. The van der Waals surface area contributed by atoms with Crippen molar-refractivity contribution in [2.45, 2.75) is 11.0 Å². The molecule has 1 aromatic rings. The van der Waals surface area contributed by atoms with Crippen molar-refractivity contribution in [3.05, 3.63) is 35.9 Å². The SMILES string of the molecule is NC[C@]1(O)C2CN3CCN(C2)CC1(c1ccccc1)C3. The molecule has 4 aliphatic heterocycles. The first-order chi connectivity index (χ1) is 9.68. The molecule has 3 N–H and O–H groups in total. The van der Waals surface area contributed by atoms with Crippen LogP contribution in [0.4, 0.5) is 0 Å². The zero-order chi connectivity index (χ0) is 13.8. The number of aliphatic hydroxyl groups is 1. The monoisotopic (exact) mass is 273 g/mol. The molecule has 0 saturated carbocycles. The van der Waals surface area contributed by atoms with E-state index >= 15 is 0 Å². The lowest BCUT2D eigenvalue weighted by molar-refractivity contribution is -0.154. The van der Waals surface area contributed by atoms with Gasteiger partial charge in [0.05, 0.1) is 11.0 Å². The van der Waals surface area contributed by atoms with Crippen molar-refractivity contribution in [2.75, 3.05) is 45.8 Å². The third kappa shape index (κ3) is 1.51. The molecule has 0 radical (unpaired) electrons. The lowest BCUT2D eigenvalue weighted by atomic mass is 9.57. The third-order valence-electron chi connectivity index (χ3n) is 5.82. The molecule has 4 heterocycles. The third-order valence-corrected chi connectivity index (χ3v) is 5.82. The normalized spacial score (nSPS) is 46.4. The molecule has 0 aliphatic carbocycles. The van der Waals surface area contributed by atoms with Crippen LogP contribution in [0.15, 0.2) is 30.3 Å². The summed E-state index contributed by atoms with van der Waals surface area (Å²) in [6, 6.07) is 10.5. The summed E-state index contributed by atoms with van der Waals surface area (Å²) in [6.07, 6.45) is 0. The van der Waals surface area contributed by atoms with Crippen molar-refractivity contribution in [3.8, 4) is 0 Å². The average molecular weight is 273 g/mol. The summed E-state index contributed by atoms with van der Waals surface area (Å²) < 4.78 is 0. The van der Waals surface area contributed by atoms with Crippen LogP contribution in [0.3, 0.4) is 0 Å². The first-order valence-corrected chi connectivity index (χ1v) is 7.61. The number of hydrogen-bond acceptors (Lipinski definition) is 4. The van der Waals surface area contributed by atoms with E-state index < -0.39 is 5.60 Å². The number of nitrogens with two attached hydrogens (primary N) is 1. The summed E-state index contributed by atoms with van der Waals surface area (Å²) in [5.74, 6) is 0.262. The van der Waals surface area contributed by atoms with Crippen molar-refractivity contribution >= 4 is 0 Å². The topological polar surface area (TPSA) is 52.7 Å². The van der Waals surface area contributed by atoms with Crippen molar-refractivity contribution in [2.24, 2.45) is 11.7 Å². The van der Waals surface area contributed by atoms with Crippen molar-refractivity contribution < 1.29 is 5.11 Å². The molecule has 0 spiro atoms. The fourth-order valence-corrected chi connectivity index (χ4v) is 4.77. The Balaban J connectivity index is 1.89. The molecule has 4 fully saturated rings. The molecule has 2 unspecified atom stereocenters. The Labute approximate surface area is 120 Å². The maximum absolute atomic E-state index is 11.4. The lowest BCUT2D eigenvalue weighted by Crippen LogP contribution is -2.75. The minimum Gasteiger partial charge on any atom is -0.387 e. The standard InChI is InChI=1S/C16H23N3O/c17-10-16(20)14-8-18-6-7-19(9-14)12-15(16,11-18)13-4-2-1-3-5-13/h1-5,14,20H,6-12,17H2/t14?,15?,16-/m0/s1. The summed E-state index contributed by atoms with van der Waals surface area (Å²) in [4.78, 5) is 5.05. The molecule has 4 nitrogen and oxygen atoms in total. The highest BCUT2D eigenvalue weighted by Crippen LogP contribution is 2.49. The van der Waals surface area contributed by atoms with Gasteiger partial charge in [0.25, 0.3) is 0 Å². The van der Waals surface area contributed by atoms with Gasteiger partial charge in [0.2, 0.25) is 0 Å². The van der Waals surface area contributed by atoms with Gasteiger partial charge in [-0.05, 0) is 5.56 Å². The molecule has 108 valence electrons. The molecule has 0 amide bonds. The second-order valence-electron chi connectivity index (χ2n) is 6.74. The van der Waals surface area contributed by atoms with Gasteiger partial charge in [-0.15, -0.1) is 0 Å². The minimum atomic E-state index is -0.772. The van der Waals surface area contributed by atoms with Gasteiger partial charge < -0.3 is 20.6 Å². The predicted molar refractivity (Wildman–Crippen MR) is 78.5 cm³/mol. The summed E-state index contributed by atoms with van der Waals surface area (Å²) in [5, 5.41) is 11.4. The van der Waals surface area contributed by atoms with E-state index in [0.717, 1.165) is 39.3 Å². The van der Waals surface area contributed by atoms with E-state index in [1.54, 1.807) is 0 Å². The van der Waals surface area contributed by atoms with Crippen LogP contribution < -0.4 is 5.73 Å². The van der Waals surface area contributed by atoms with Gasteiger partial charge in [-0.1, -0.05) is 30.3 Å². The minimum absolute atomic E-state index is 0.235. The summed E-state index contributed by atoms with van der Waals surface area (Å²) >= 11 is 0. The molecule has 20 heavy (non-hydrogen) atoms. The van der Waals surface area contributed by atoms with Gasteiger partial charge >= 0.3 is 0 Å². The van der Waals surface area contributed by atoms with Crippen LogP contribution in [0.1, 0.15) is 5.56 Å². The smallest absolute Gasteiger partial charge is 0.0942 e. The zero-order valence-electron chi connectivity index (χ0n) is 11.8. The number of hydrogen-bond donors (Lipinski definition) is 2. The van der Waals surface area contributed by atoms with Crippen molar-refractivity contribution in [1.29, 1.82) is 0 Å². The van der Waals surface area contributed by atoms with Crippen LogP contribution in [0, 0.1) is 5.92 Å². The van der Waals surface area contributed by atoms with E-state index in [-0.39, 0.29) is 11.3 Å². The fourth-order valence-electron chi connectivity index (χ4n) is 4.77. The van der Waals surface area contributed by atoms with Gasteiger partial charge in [-0.25, -0.2) is 0 Å². The summed E-state index contributed by atoms with van der Waals surface area (Å²) in [7, 11) is 0. The Bertz CT molecular complexity index is 490. The molecule has 4 heteroatoms. The molecule has 5 rings (SSSR count). The van der Waals surface area contributed by atoms with Gasteiger partial charge in [-0.2, -0.15) is 0 Å². The van der Waals surface area contributed by atoms with E-state index in [4.69, 9.17) is 5.73 Å². The Hall–Kier alpha value is -0.940. The van der Waals surface area contributed by atoms with E-state index in [9.17, 15) is 5.11 Å². The quantitative estimate of drug-likeness (QED) is 0.788. The van der Waals surface area contributed by atoms with Crippen LogP contribution in [0.25, 0.3) is 0 Å². The first-order valence-electron chi connectivity index (χ1n) is 7.61. The first kappa shape index (κ1) is 12.8.